The van der Waals surface area contributed by atoms with Crippen LogP contribution in [-0.2, 0) is 20.8 Å². The third-order valence-electron chi connectivity index (χ3n) is 3.52. The van der Waals surface area contributed by atoms with Gasteiger partial charge in [0.1, 0.15) is 0 Å². The SMILES string of the molecule is Cc1ccccc1S(=O)(=O)N1CCS(=O)c2ccccc21. The fraction of sp³-hybridized carbons (Fsp3) is 0.200. The van der Waals surface area contributed by atoms with Crippen molar-refractivity contribution in [2.45, 2.75) is 16.7 Å². The summed E-state index contributed by atoms with van der Waals surface area (Å²) in [4.78, 5) is 0.883. The number of benzene rings is 2. The highest BCUT2D eigenvalue weighted by atomic mass is 32.2. The number of hydrogen-bond acceptors (Lipinski definition) is 3. The zero-order valence-corrected chi connectivity index (χ0v) is 13.2. The molecule has 0 radical (unpaired) electrons. The van der Waals surface area contributed by atoms with Gasteiger partial charge in [-0.1, -0.05) is 30.3 Å². The molecule has 1 atom stereocenters. The lowest BCUT2D eigenvalue weighted by Crippen LogP contribution is -2.38. The summed E-state index contributed by atoms with van der Waals surface area (Å²) in [5, 5.41) is 0. The van der Waals surface area contributed by atoms with Crippen molar-refractivity contribution in [3.8, 4) is 0 Å². The largest absolute Gasteiger partial charge is 0.264 e. The van der Waals surface area contributed by atoms with Crippen molar-refractivity contribution >= 4 is 26.5 Å². The molecule has 110 valence electrons. The number of anilines is 1. The molecular weight excluding hydrogens is 306 g/mol. The molecule has 6 heteroatoms. The first-order valence-corrected chi connectivity index (χ1v) is 9.33. The van der Waals surface area contributed by atoms with Gasteiger partial charge in [0.2, 0.25) is 0 Å². The first-order valence-electron chi connectivity index (χ1n) is 6.57. The Balaban J connectivity index is 2.16. The van der Waals surface area contributed by atoms with E-state index in [0.717, 1.165) is 0 Å². The Hall–Kier alpha value is -1.66. The van der Waals surface area contributed by atoms with E-state index in [1.54, 1.807) is 49.4 Å². The summed E-state index contributed by atoms with van der Waals surface area (Å²) >= 11 is 0. The molecule has 3 rings (SSSR count). The lowest BCUT2D eigenvalue weighted by Gasteiger charge is -2.30. The van der Waals surface area contributed by atoms with Crippen molar-refractivity contribution in [3.05, 3.63) is 54.1 Å². The molecule has 1 aliphatic rings. The van der Waals surface area contributed by atoms with Crippen molar-refractivity contribution in [2.75, 3.05) is 16.6 Å². The monoisotopic (exact) mass is 321 g/mol. The van der Waals surface area contributed by atoms with Gasteiger partial charge in [-0.2, -0.15) is 0 Å². The predicted molar refractivity (Wildman–Crippen MR) is 83.4 cm³/mol. The van der Waals surface area contributed by atoms with Crippen LogP contribution in [0.2, 0.25) is 0 Å². The summed E-state index contributed by atoms with van der Waals surface area (Å²) in [6, 6.07) is 13.9. The van der Waals surface area contributed by atoms with Gasteiger partial charge in [-0.05, 0) is 30.7 Å². The van der Waals surface area contributed by atoms with Crippen LogP contribution in [-0.4, -0.2) is 24.9 Å². The van der Waals surface area contributed by atoms with E-state index in [1.165, 1.54) is 4.31 Å². The maximum Gasteiger partial charge on any atom is 0.264 e. The lowest BCUT2D eigenvalue weighted by molar-refractivity contribution is 0.590. The van der Waals surface area contributed by atoms with Gasteiger partial charge in [0.25, 0.3) is 10.0 Å². The molecule has 0 aliphatic carbocycles. The molecule has 1 aliphatic heterocycles. The Kier molecular flexibility index (Phi) is 3.59. The maximum absolute atomic E-state index is 12.9. The number of nitrogens with zero attached hydrogens (tertiary/aromatic N) is 1. The van der Waals surface area contributed by atoms with Crippen molar-refractivity contribution in [2.24, 2.45) is 0 Å². The molecule has 0 amide bonds. The maximum atomic E-state index is 12.9. The predicted octanol–water partition coefficient (Wildman–Crippen LogP) is 2.31. The van der Waals surface area contributed by atoms with Crippen LogP contribution in [0.25, 0.3) is 0 Å². The summed E-state index contributed by atoms with van der Waals surface area (Å²) in [6.45, 7) is 2.02. The number of para-hydroxylation sites is 1. The number of hydrogen-bond donors (Lipinski definition) is 0. The summed E-state index contributed by atoms with van der Waals surface area (Å²) in [5.74, 6) is 0.322. The molecular formula is C15H15NO3S2. The van der Waals surface area contributed by atoms with Gasteiger partial charge in [0, 0.05) is 12.3 Å². The summed E-state index contributed by atoms with van der Waals surface area (Å²) in [7, 11) is -4.77. The summed E-state index contributed by atoms with van der Waals surface area (Å²) < 4.78 is 39.2. The van der Waals surface area contributed by atoms with Gasteiger partial charge >= 0.3 is 0 Å². The standard InChI is InChI=1S/C15H15NO3S2/c1-12-6-2-5-9-15(12)21(18,19)16-10-11-20(17)14-8-4-3-7-13(14)16/h2-9H,10-11H2,1H3. The molecule has 0 aromatic heterocycles. The Morgan fingerprint density at radius 3 is 2.48 bits per heavy atom. The Bertz CT molecular complexity index is 815. The average Bonchev–Trinajstić information content (AvgIpc) is 2.48. The quantitative estimate of drug-likeness (QED) is 0.853. The number of fused-ring (bicyclic) bond motifs is 1. The molecule has 0 N–H and O–H groups in total. The van der Waals surface area contributed by atoms with Gasteiger partial charge in [0.05, 0.1) is 26.3 Å². The van der Waals surface area contributed by atoms with Crippen LogP contribution in [0.4, 0.5) is 5.69 Å². The minimum atomic E-state index is -3.63. The third-order valence-corrected chi connectivity index (χ3v) is 6.88. The Labute approximate surface area is 126 Å². The number of sulfonamides is 1. The molecule has 0 bridgehead atoms. The van der Waals surface area contributed by atoms with Gasteiger partial charge in [-0.15, -0.1) is 0 Å². The van der Waals surface area contributed by atoms with Crippen LogP contribution in [0.15, 0.2) is 58.3 Å². The fourth-order valence-corrected chi connectivity index (χ4v) is 5.56. The molecule has 2 aromatic carbocycles. The highest BCUT2D eigenvalue weighted by Gasteiger charge is 2.32. The number of aryl methyl sites for hydroxylation is 1. The van der Waals surface area contributed by atoms with E-state index < -0.39 is 20.8 Å². The van der Waals surface area contributed by atoms with E-state index in [1.807, 2.05) is 6.07 Å². The third kappa shape index (κ3) is 2.38. The topological polar surface area (TPSA) is 54.5 Å². The lowest BCUT2D eigenvalue weighted by atomic mass is 10.2. The van der Waals surface area contributed by atoms with Crippen LogP contribution in [0.3, 0.4) is 0 Å². The summed E-state index contributed by atoms with van der Waals surface area (Å²) in [5.41, 5.74) is 1.23. The smallest absolute Gasteiger partial charge is 0.264 e. The van der Waals surface area contributed by atoms with E-state index in [-0.39, 0.29) is 6.54 Å². The van der Waals surface area contributed by atoms with E-state index in [9.17, 15) is 12.6 Å². The second-order valence-electron chi connectivity index (χ2n) is 4.86. The minimum absolute atomic E-state index is 0.236. The zero-order valence-electron chi connectivity index (χ0n) is 11.5. The molecule has 1 unspecified atom stereocenters. The van der Waals surface area contributed by atoms with Crippen molar-refractivity contribution < 1.29 is 12.6 Å². The van der Waals surface area contributed by atoms with E-state index in [0.29, 0.717) is 26.8 Å². The molecule has 0 spiro atoms. The van der Waals surface area contributed by atoms with Crippen LogP contribution in [0.5, 0.6) is 0 Å². The van der Waals surface area contributed by atoms with E-state index >= 15 is 0 Å². The second kappa shape index (κ2) is 5.27. The Morgan fingerprint density at radius 1 is 1.05 bits per heavy atom. The Morgan fingerprint density at radius 2 is 1.71 bits per heavy atom. The van der Waals surface area contributed by atoms with Gasteiger partial charge in [-0.25, -0.2) is 8.42 Å². The molecule has 0 saturated carbocycles. The molecule has 21 heavy (non-hydrogen) atoms. The first kappa shape index (κ1) is 14.3. The van der Waals surface area contributed by atoms with Gasteiger partial charge < -0.3 is 0 Å². The van der Waals surface area contributed by atoms with Crippen LogP contribution in [0, 0.1) is 6.92 Å². The van der Waals surface area contributed by atoms with Crippen LogP contribution < -0.4 is 4.31 Å². The fourth-order valence-electron chi connectivity index (χ4n) is 2.47. The minimum Gasteiger partial charge on any atom is -0.264 e. The van der Waals surface area contributed by atoms with Gasteiger partial charge in [0.15, 0.2) is 0 Å². The molecule has 2 aromatic rings. The van der Waals surface area contributed by atoms with E-state index in [2.05, 4.69) is 0 Å². The second-order valence-corrected chi connectivity index (χ2v) is 8.23. The molecule has 0 fully saturated rings. The molecule has 1 heterocycles. The van der Waals surface area contributed by atoms with E-state index in [4.69, 9.17) is 0 Å². The highest BCUT2D eigenvalue weighted by molar-refractivity contribution is 7.93. The van der Waals surface area contributed by atoms with Crippen molar-refractivity contribution in [1.82, 2.24) is 0 Å². The zero-order chi connectivity index (χ0) is 15.0. The first-order chi connectivity index (χ1) is 10.0. The molecule has 4 nitrogen and oxygen atoms in total. The summed E-state index contributed by atoms with van der Waals surface area (Å²) in [6.07, 6.45) is 0. The van der Waals surface area contributed by atoms with Crippen LogP contribution in [0.1, 0.15) is 5.56 Å². The van der Waals surface area contributed by atoms with Crippen molar-refractivity contribution in [1.29, 1.82) is 0 Å². The normalized spacial score (nSPS) is 18.3. The van der Waals surface area contributed by atoms with Gasteiger partial charge in [-0.3, -0.25) is 8.51 Å². The average molecular weight is 321 g/mol. The molecule has 0 saturated heterocycles. The van der Waals surface area contributed by atoms with Crippen molar-refractivity contribution in [3.63, 3.8) is 0 Å². The highest BCUT2D eigenvalue weighted by Crippen LogP contribution is 2.33. The van der Waals surface area contributed by atoms with Crippen LogP contribution >= 0.6 is 0 Å². The number of rotatable bonds is 2.